The molecule has 0 bridgehead atoms. The van der Waals surface area contributed by atoms with Gasteiger partial charge in [0.2, 0.25) is 0 Å². The van der Waals surface area contributed by atoms with E-state index in [1.165, 1.54) is 12.8 Å². The zero-order chi connectivity index (χ0) is 8.55. The van der Waals surface area contributed by atoms with Gasteiger partial charge in [0.25, 0.3) is 0 Å². The van der Waals surface area contributed by atoms with Crippen LogP contribution in [0.1, 0.15) is 43.2 Å². The van der Waals surface area contributed by atoms with Crippen LogP contribution >= 0.6 is 0 Å². The summed E-state index contributed by atoms with van der Waals surface area (Å²) < 4.78 is 0. The lowest BCUT2D eigenvalue weighted by molar-refractivity contribution is 0.692. The highest BCUT2D eigenvalue weighted by Gasteiger charge is 2.25. The minimum atomic E-state index is -0.115. The first-order valence-electron chi connectivity index (χ1n) is 4.22. The molecule has 0 aromatic carbocycles. The molecule has 0 saturated heterocycles. The number of rotatable bonds is 2. The van der Waals surface area contributed by atoms with Crippen molar-refractivity contribution in [2.45, 2.75) is 31.7 Å². The second-order valence-electron chi connectivity index (χ2n) is 3.30. The molecule has 1 saturated carbocycles. The highest BCUT2D eigenvalue weighted by atomic mass is 15.2. The summed E-state index contributed by atoms with van der Waals surface area (Å²) >= 11 is 0. The first-order valence-corrected chi connectivity index (χ1v) is 4.22. The Labute approximate surface area is 71.2 Å². The molecule has 1 aromatic heterocycles. The summed E-state index contributed by atoms with van der Waals surface area (Å²) in [5.41, 5.74) is 6.69. The van der Waals surface area contributed by atoms with Crippen LogP contribution < -0.4 is 5.73 Å². The van der Waals surface area contributed by atoms with Gasteiger partial charge in [0.1, 0.15) is 0 Å². The maximum atomic E-state index is 5.64. The van der Waals surface area contributed by atoms with Crippen molar-refractivity contribution in [2.24, 2.45) is 5.73 Å². The molecule has 1 heterocycles. The summed E-state index contributed by atoms with van der Waals surface area (Å²) in [5, 5.41) is 7.74. The molecule has 4 heteroatoms. The minimum Gasteiger partial charge on any atom is -0.321 e. The molecule has 2 N–H and O–H groups in total. The van der Waals surface area contributed by atoms with Crippen LogP contribution in [0.25, 0.3) is 0 Å². The van der Waals surface area contributed by atoms with Gasteiger partial charge in [-0.3, -0.25) is 0 Å². The van der Waals surface area contributed by atoms with Crippen molar-refractivity contribution in [1.29, 1.82) is 0 Å². The average molecular weight is 164 g/mol. The van der Waals surface area contributed by atoms with Crippen LogP contribution in [0.4, 0.5) is 0 Å². The standard InChI is InChI=1S/C8H12N4/c1-5(9)8-11-7(4-10-12-8)6-2-3-6/h4-6H,2-3,9H2,1H3. The zero-order valence-corrected chi connectivity index (χ0v) is 7.07. The van der Waals surface area contributed by atoms with Crippen molar-refractivity contribution in [3.05, 3.63) is 17.7 Å². The van der Waals surface area contributed by atoms with Crippen molar-refractivity contribution in [2.75, 3.05) is 0 Å². The van der Waals surface area contributed by atoms with E-state index in [2.05, 4.69) is 15.2 Å². The molecule has 0 amide bonds. The number of hydrogen-bond acceptors (Lipinski definition) is 4. The largest absolute Gasteiger partial charge is 0.321 e. The third-order valence-electron chi connectivity index (χ3n) is 2.00. The van der Waals surface area contributed by atoms with Crippen molar-refractivity contribution < 1.29 is 0 Å². The van der Waals surface area contributed by atoms with Gasteiger partial charge in [0, 0.05) is 5.92 Å². The molecule has 1 atom stereocenters. The summed E-state index contributed by atoms with van der Waals surface area (Å²) in [4.78, 5) is 4.34. The molecule has 0 aliphatic heterocycles. The summed E-state index contributed by atoms with van der Waals surface area (Å²) in [6.07, 6.45) is 4.21. The number of nitrogens with two attached hydrogens (primary N) is 1. The lowest BCUT2D eigenvalue weighted by atomic mass is 10.3. The molecule has 1 fully saturated rings. The van der Waals surface area contributed by atoms with Crippen LogP contribution in [0, 0.1) is 0 Å². The van der Waals surface area contributed by atoms with Crippen LogP contribution in [-0.4, -0.2) is 15.2 Å². The fraction of sp³-hybridized carbons (Fsp3) is 0.625. The van der Waals surface area contributed by atoms with Gasteiger partial charge < -0.3 is 5.73 Å². The smallest absolute Gasteiger partial charge is 0.167 e. The molecular weight excluding hydrogens is 152 g/mol. The monoisotopic (exact) mass is 164 g/mol. The van der Waals surface area contributed by atoms with E-state index in [0.717, 1.165) is 5.69 Å². The molecule has 1 aromatic rings. The molecule has 1 unspecified atom stereocenters. The number of aromatic nitrogens is 3. The molecule has 4 nitrogen and oxygen atoms in total. The normalized spacial score (nSPS) is 19.2. The Balaban J connectivity index is 2.26. The van der Waals surface area contributed by atoms with E-state index in [4.69, 9.17) is 5.73 Å². The molecule has 0 spiro atoms. The Morgan fingerprint density at radius 1 is 1.58 bits per heavy atom. The molecule has 2 rings (SSSR count). The topological polar surface area (TPSA) is 64.7 Å². The van der Waals surface area contributed by atoms with Crippen LogP contribution in [-0.2, 0) is 0 Å². The maximum absolute atomic E-state index is 5.64. The lowest BCUT2D eigenvalue weighted by Crippen LogP contribution is -2.11. The van der Waals surface area contributed by atoms with E-state index in [-0.39, 0.29) is 6.04 Å². The Morgan fingerprint density at radius 3 is 2.92 bits per heavy atom. The zero-order valence-electron chi connectivity index (χ0n) is 7.07. The third kappa shape index (κ3) is 1.43. The lowest BCUT2D eigenvalue weighted by Gasteiger charge is -2.03. The van der Waals surface area contributed by atoms with E-state index in [9.17, 15) is 0 Å². The minimum absolute atomic E-state index is 0.115. The van der Waals surface area contributed by atoms with Crippen molar-refractivity contribution in [3.8, 4) is 0 Å². The summed E-state index contributed by atoms with van der Waals surface area (Å²) in [6.45, 7) is 1.87. The van der Waals surface area contributed by atoms with Gasteiger partial charge in [-0.1, -0.05) is 0 Å². The van der Waals surface area contributed by atoms with Crippen molar-refractivity contribution >= 4 is 0 Å². The second kappa shape index (κ2) is 2.79. The SMILES string of the molecule is CC(N)c1nncc(C2CC2)n1. The van der Waals surface area contributed by atoms with Gasteiger partial charge in [0.15, 0.2) is 5.82 Å². The Bertz CT molecular complexity index is 263. The van der Waals surface area contributed by atoms with Crippen LogP contribution in [0.15, 0.2) is 6.20 Å². The van der Waals surface area contributed by atoms with E-state index in [1.807, 2.05) is 6.92 Å². The first kappa shape index (κ1) is 7.61. The quantitative estimate of drug-likeness (QED) is 0.701. The summed E-state index contributed by atoms with van der Waals surface area (Å²) in [5.74, 6) is 1.28. The van der Waals surface area contributed by atoms with E-state index >= 15 is 0 Å². The van der Waals surface area contributed by atoms with E-state index < -0.39 is 0 Å². The molecule has 12 heavy (non-hydrogen) atoms. The highest BCUT2D eigenvalue weighted by Crippen LogP contribution is 2.38. The molecule has 0 radical (unpaired) electrons. The average Bonchev–Trinajstić information content (AvgIpc) is 2.87. The predicted octanol–water partition coefficient (Wildman–Crippen LogP) is 0.769. The third-order valence-corrected chi connectivity index (χ3v) is 2.00. The highest BCUT2D eigenvalue weighted by molar-refractivity contribution is 5.11. The van der Waals surface area contributed by atoms with Crippen molar-refractivity contribution in [1.82, 2.24) is 15.2 Å². The first-order chi connectivity index (χ1) is 5.77. The Morgan fingerprint density at radius 2 is 2.33 bits per heavy atom. The second-order valence-corrected chi connectivity index (χ2v) is 3.30. The predicted molar refractivity (Wildman–Crippen MR) is 44.4 cm³/mol. The van der Waals surface area contributed by atoms with Gasteiger partial charge >= 0.3 is 0 Å². The van der Waals surface area contributed by atoms with Gasteiger partial charge in [-0.2, -0.15) is 5.10 Å². The summed E-state index contributed by atoms with van der Waals surface area (Å²) in [7, 11) is 0. The maximum Gasteiger partial charge on any atom is 0.167 e. The molecule has 1 aliphatic carbocycles. The van der Waals surface area contributed by atoms with Gasteiger partial charge in [-0.05, 0) is 19.8 Å². The van der Waals surface area contributed by atoms with E-state index in [1.54, 1.807) is 6.20 Å². The number of nitrogens with zero attached hydrogens (tertiary/aromatic N) is 3. The van der Waals surface area contributed by atoms with Crippen LogP contribution in [0.2, 0.25) is 0 Å². The summed E-state index contributed by atoms with van der Waals surface area (Å²) in [6, 6.07) is -0.115. The van der Waals surface area contributed by atoms with Gasteiger partial charge in [0.05, 0.1) is 17.9 Å². The molecule has 1 aliphatic rings. The fourth-order valence-electron chi connectivity index (χ4n) is 1.10. The molecular formula is C8H12N4. The number of hydrogen-bond donors (Lipinski definition) is 1. The van der Waals surface area contributed by atoms with Gasteiger partial charge in [-0.25, -0.2) is 4.98 Å². The van der Waals surface area contributed by atoms with Crippen LogP contribution in [0.5, 0.6) is 0 Å². The van der Waals surface area contributed by atoms with Crippen molar-refractivity contribution in [3.63, 3.8) is 0 Å². The van der Waals surface area contributed by atoms with Gasteiger partial charge in [-0.15, -0.1) is 5.10 Å². The van der Waals surface area contributed by atoms with E-state index in [0.29, 0.717) is 11.7 Å². The Kier molecular flexibility index (Phi) is 1.77. The van der Waals surface area contributed by atoms with Crippen LogP contribution in [0.3, 0.4) is 0 Å². The Hall–Kier alpha value is -1.03. The fourth-order valence-corrected chi connectivity index (χ4v) is 1.10. The molecule has 64 valence electrons.